The van der Waals surface area contributed by atoms with Crippen molar-refractivity contribution in [2.24, 2.45) is 0 Å². The van der Waals surface area contributed by atoms with Gasteiger partial charge in [-0.3, -0.25) is 4.79 Å². The fraction of sp³-hybridized carbons (Fsp3) is 0.273. The molecule has 0 saturated carbocycles. The van der Waals surface area contributed by atoms with E-state index < -0.39 is 6.09 Å². The molecule has 2 amide bonds. The molecule has 10 heteroatoms. The number of hydrogen-bond donors (Lipinski definition) is 2. The van der Waals surface area contributed by atoms with Crippen LogP contribution in [0.25, 0.3) is 6.08 Å². The Morgan fingerprint density at radius 2 is 2.34 bits per heavy atom. The molecule has 1 aliphatic carbocycles. The quantitative estimate of drug-likeness (QED) is 0.518. The van der Waals surface area contributed by atoms with Crippen LogP contribution in [0.4, 0.5) is 9.80 Å². The molecule has 3 heterocycles. The fourth-order valence-electron chi connectivity index (χ4n) is 3.40. The van der Waals surface area contributed by atoms with E-state index in [1.54, 1.807) is 12.1 Å². The first kappa shape index (κ1) is 21.8. The first-order valence-corrected chi connectivity index (χ1v) is 11.6. The highest BCUT2D eigenvalue weighted by Crippen LogP contribution is 2.38. The number of amides is 2. The van der Waals surface area contributed by atoms with Crippen LogP contribution in [0.3, 0.4) is 0 Å². The van der Waals surface area contributed by atoms with Crippen molar-refractivity contribution >= 4 is 45.8 Å². The molecular weight excluding hydrogens is 448 g/mol. The van der Waals surface area contributed by atoms with E-state index in [0.717, 1.165) is 26.7 Å². The third-order valence-corrected chi connectivity index (χ3v) is 6.89. The highest BCUT2D eigenvalue weighted by Gasteiger charge is 2.28. The Labute approximate surface area is 192 Å². The monoisotopic (exact) mass is 468 g/mol. The molecule has 1 unspecified atom stereocenters. The van der Waals surface area contributed by atoms with Crippen LogP contribution in [0.15, 0.2) is 34.5 Å². The van der Waals surface area contributed by atoms with Gasteiger partial charge in [0.25, 0.3) is 0 Å². The highest BCUT2D eigenvalue weighted by molar-refractivity contribution is 7.16. The minimum atomic E-state index is -0.487. The zero-order chi connectivity index (χ0) is 22.5. The lowest BCUT2D eigenvalue weighted by Gasteiger charge is -2.22. The van der Waals surface area contributed by atoms with Gasteiger partial charge in [-0.05, 0) is 37.5 Å². The second-order valence-electron chi connectivity index (χ2n) is 7.18. The lowest BCUT2D eigenvalue weighted by atomic mass is 9.94. The van der Waals surface area contributed by atoms with Crippen LogP contribution in [-0.2, 0) is 28.9 Å². The van der Waals surface area contributed by atoms with Crippen LogP contribution in [0, 0.1) is 18.3 Å². The number of nitrogens with one attached hydrogen (secondary N) is 2. The number of anilines is 1. The summed E-state index contributed by atoms with van der Waals surface area (Å²) in [5.41, 5.74) is 2.98. The number of aromatic nitrogens is 1. The molecule has 4 rings (SSSR count). The zero-order valence-corrected chi connectivity index (χ0v) is 18.8. The summed E-state index contributed by atoms with van der Waals surface area (Å²) in [5.74, 6) is -0.328. The summed E-state index contributed by atoms with van der Waals surface area (Å²) in [6.07, 6.45) is 7.05. The maximum atomic E-state index is 12.3. The minimum Gasteiger partial charge on any atom is -0.472 e. The molecule has 0 fully saturated rings. The molecule has 1 aliphatic rings. The van der Waals surface area contributed by atoms with Crippen molar-refractivity contribution < 1.29 is 18.7 Å². The molecular formula is C22H20N4O4S2. The molecule has 0 radical (unpaired) electrons. The number of furan rings is 1. The number of rotatable bonds is 6. The first-order chi connectivity index (χ1) is 15.5. The summed E-state index contributed by atoms with van der Waals surface area (Å²) in [4.78, 5) is 29.7. The van der Waals surface area contributed by atoms with Crippen molar-refractivity contribution in [2.75, 3.05) is 5.32 Å². The smallest absolute Gasteiger partial charge is 0.407 e. The van der Waals surface area contributed by atoms with E-state index in [-0.39, 0.29) is 12.0 Å². The first-order valence-electron chi connectivity index (χ1n) is 9.93. The van der Waals surface area contributed by atoms with E-state index in [0.29, 0.717) is 36.4 Å². The van der Waals surface area contributed by atoms with Gasteiger partial charge in [-0.15, -0.1) is 22.7 Å². The number of alkyl carbamates (subject to hydrolysis) is 1. The number of hydrogen-bond acceptors (Lipinski definition) is 8. The molecule has 0 bridgehead atoms. The third kappa shape index (κ3) is 5.25. The Balaban J connectivity index is 1.35. The molecule has 164 valence electrons. The molecule has 0 aliphatic heterocycles. The van der Waals surface area contributed by atoms with E-state index in [2.05, 4.69) is 21.7 Å². The molecule has 1 atom stereocenters. The van der Waals surface area contributed by atoms with Gasteiger partial charge in [0.05, 0.1) is 35.3 Å². The minimum absolute atomic E-state index is 0.283. The molecule has 0 spiro atoms. The largest absolute Gasteiger partial charge is 0.472 e. The average molecular weight is 469 g/mol. The maximum absolute atomic E-state index is 12.3. The van der Waals surface area contributed by atoms with Crippen molar-refractivity contribution in [3.05, 3.63) is 62.3 Å². The van der Waals surface area contributed by atoms with Crippen molar-refractivity contribution in [2.45, 2.75) is 38.8 Å². The van der Waals surface area contributed by atoms with Gasteiger partial charge in [-0.2, -0.15) is 5.26 Å². The second-order valence-corrected chi connectivity index (χ2v) is 9.35. The van der Waals surface area contributed by atoms with Crippen LogP contribution >= 0.6 is 22.7 Å². The Hall–Kier alpha value is -3.42. The third-order valence-electron chi connectivity index (χ3n) is 4.89. The van der Waals surface area contributed by atoms with Gasteiger partial charge in [-0.25, -0.2) is 9.78 Å². The number of carbonyl (C=O) groups excluding carboxylic acids is 2. The maximum Gasteiger partial charge on any atom is 0.407 e. The van der Waals surface area contributed by atoms with Gasteiger partial charge in [0, 0.05) is 28.3 Å². The van der Waals surface area contributed by atoms with Gasteiger partial charge < -0.3 is 19.8 Å². The van der Waals surface area contributed by atoms with E-state index in [9.17, 15) is 14.9 Å². The summed E-state index contributed by atoms with van der Waals surface area (Å²) < 4.78 is 10.5. The van der Waals surface area contributed by atoms with E-state index in [4.69, 9.17) is 9.15 Å². The van der Waals surface area contributed by atoms with Crippen LogP contribution < -0.4 is 10.6 Å². The second kappa shape index (κ2) is 9.80. The van der Waals surface area contributed by atoms with E-state index in [1.807, 2.05) is 12.3 Å². The van der Waals surface area contributed by atoms with Gasteiger partial charge in [-0.1, -0.05) is 0 Å². The van der Waals surface area contributed by atoms with Crippen molar-refractivity contribution in [3.8, 4) is 6.07 Å². The highest BCUT2D eigenvalue weighted by atomic mass is 32.1. The van der Waals surface area contributed by atoms with Gasteiger partial charge in [0.1, 0.15) is 17.2 Å². The van der Waals surface area contributed by atoms with Crippen LogP contribution in [0.5, 0.6) is 0 Å². The lowest BCUT2D eigenvalue weighted by molar-refractivity contribution is -0.111. The number of thiophene rings is 1. The molecule has 3 aromatic rings. The molecule has 32 heavy (non-hydrogen) atoms. The topological polar surface area (TPSA) is 117 Å². The summed E-state index contributed by atoms with van der Waals surface area (Å²) >= 11 is 2.88. The number of thiazole rings is 1. The van der Waals surface area contributed by atoms with Crippen LogP contribution in [-0.4, -0.2) is 23.1 Å². The lowest BCUT2D eigenvalue weighted by Crippen LogP contribution is -2.31. The average Bonchev–Trinajstić information content (AvgIpc) is 3.50. The van der Waals surface area contributed by atoms with Crippen LogP contribution in [0.1, 0.15) is 38.7 Å². The van der Waals surface area contributed by atoms with Crippen LogP contribution in [0.2, 0.25) is 0 Å². The predicted octanol–water partition coefficient (Wildman–Crippen LogP) is 4.41. The van der Waals surface area contributed by atoms with E-state index >= 15 is 0 Å². The number of carbonyl (C=O) groups is 2. The zero-order valence-electron chi connectivity index (χ0n) is 17.2. The van der Waals surface area contributed by atoms with E-state index in [1.165, 1.54) is 41.3 Å². The van der Waals surface area contributed by atoms with Crippen molar-refractivity contribution in [1.82, 2.24) is 10.3 Å². The van der Waals surface area contributed by atoms with Gasteiger partial charge in [0.2, 0.25) is 5.91 Å². The number of nitrogens with zero attached hydrogens (tertiary/aromatic N) is 2. The molecule has 8 nitrogen and oxygen atoms in total. The Morgan fingerprint density at radius 3 is 3.06 bits per heavy atom. The molecule has 0 saturated heterocycles. The summed E-state index contributed by atoms with van der Waals surface area (Å²) in [6, 6.07) is 3.94. The van der Waals surface area contributed by atoms with Crippen molar-refractivity contribution in [3.63, 3.8) is 0 Å². The molecule has 2 N–H and O–H groups in total. The number of ether oxygens (including phenoxy) is 1. The normalized spacial score (nSPS) is 15.2. The standard InChI is InChI=1S/C22H20N4O4S2/c1-13-25-15(12-31-13)10-24-22(28)30-16-3-4-17-18(9-23)21(32-19(17)8-16)26-20(27)5-2-14-6-7-29-11-14/h2,5-7,11-12,16H,3-4,8,10H2,1H3,(H,24,28)(H,26,27). The Kier molecular flexibility index (Phi) is 6.68. The van der Waals surface area contributed by atoms with Gasteiger partial charge in [0.15, 0.2) is 0 Å². The Morgan fingerprint density at radius 1 is 1.47 bits per heavy atom. The Bertz CT molecular complexity index is 1190. The SMILES string of the molecule is Cc1nc(CNC(=O)OC2CCc3c(sc(NC(=O)C=Cc4ccoc4)c3C#N)C2)cs1. The molecule has 0 aromatic carbocycles. The summed E-state index contributed by atoms with van der Waals surface area (Å²) in [7, 11) is 0. The summed E-state index contributed by atoms with van der Waals surface area (Å²) in [5, 5.41) is 18.5. The number of aryl methyl sites for hydroxylation is 1. The van der Waals surface area contributed by atoms with Gasteiger partial charge >= 0.3 is 6.09 Å². The summed E-state index contributed by atoms with van der Waals surface area (Å²) in [6.45, 7) is 2.23. The number of nitriles is 1. The van der Waals surface area contributed by atoms with Crippen molar-refractivity contribution in [1.29, 1.82) is 5.26 Å². The predicted molar refractivity (Wildman–Crippen MR) is 121 cm³/mol. The molecule has 3 aromatic heterocycles. The number of fused-ring (bicyclic) bond motifs is 1. The fourth-order valence-corrected chi connectivity index (χ4v) is 5.28.